The third kappa shape index (κ3) is 5.85. The number of nitrogens with zero attached hydrogens (tertiary/aromatic N) is 2. The third-order valence-corrected chi connectivity index (χ3v) is 7.98. The van der Waals surface area contributed by atoms with Crippen molar-refractivity contribution >= 4 is 28.2 Å². The van der Waals surface area contributed by atoms with E-state index in [4.69, 9.17) is 18.9 Å². The summed E-state index contributed by atoms with van der Waals surface area (Å²) in [7, 11) is 1.53. The zero-order chi connectivity index (χ0) is 31.0. The number of fused-ring (bicyclic) bond motifs is 1. The van der Waals surface area contributed by atoms with E-state index in [-0.39, 0.29) is 23.4 Å². The lowest BCUT2D eigenvalue weighted by atomic mass is 10.1. The lowest BCUT2D eigenvalue weighted by Crippen LogP contribution is -2.24. The van der Waals surface area contributed by atoms with Crippen molar-refractivity contribution in [2.75, 3.05) is 31.1 Å². The van der Waals surface area contributed by atoms with E-state index in [2.05, 4.69) is 15.7 Å². The van der Waals surface area contributed by atoms with Gasteiger partial charge in [0.25, 0.3) is 6.04 Å². The van der Waals surface area contributed by atoms with E-state index in [1.165, 1.54) is 43.5 Å². The fourth-order valence-electron chi connectivity index (χ4n) is 5.51. The minimum Gasteiger partial charge on any atom is -0.493 e. The van der Waals surface area contributed by atoms with Crippen molar-refractivity contribution in [3.8, 4) is 23.0 Å². The van der Waals surface area contributed by atoms with E-state index in [1.54, 1.807) is 38.2 Å². The first-order valence-corrected chi connectivity index (χ1v) is 14.1. The molecule has 1 saturated heterocycles. The zero-order valence-corrected chi connectivity index (χ0v) is 24.3. The van der Waals surface area contributed by atoms with Crippen LogP contribution in [0.25, 0.3) is 10.9 Å². The Kier molecular flexibility index (Phi) is 7.76. The number of amides is 1. The highest BCUT2D eigenvalue weighted by molar-refractivity contribution is 5.95. The minimum atomic E-state index is -0.713. The molecule has 6 rings (SSSR count). The van der Waals surface area contributed by atoms with E-state index >= 15 is 4.39 Å². The Morgan fingerprint density at radius 1 is 1.00 bits per heavy atom. The van der Waals surface area contributed by atoms with Gasteiger partial charge in [0, 0.05) is 35.8 Å². The van der Waals surface area contributed by atoms with Crippen LogP contribution in [0.15, 0.2) is 66.9 Å². The summed E-state index contributed by atoms with van der Waals surface area (Å²) in [6, 6.07) is 13.8. The van der Waals surface area contributed by atoms with Gasteiger partial charge < -0.3 is 24.3 Å². The molecule has 2 N–H and O–H groups in total. The van der Waals surface area contributed by atoms with Crippen LogP contribution in [-0.4, -0.2) is 48.2 Å². The largest absolute Gasteiger partial charge is 0.493 e. The number of aromatic nitrogens is 1. The van der Waals surface area contributed by atoms with Gasteiger partial charge in [0.15, 0.2) is 23.1 Å². The second-order valence-corrected chi connectivity index (χ2v) is 11.4. The molecular formula is C32H31F2N4O6+. The quantitative estimate of drug-likeness (QED) is 0.161. The monoisotopic (exact) mass is 605 g/mol. The highest BCUT2D eigenvalue weighted by Gasteiger charge is 2.73. The van der Waals surface area contributed by atoms with Gasteiger partial charge in [-0.3, -0.25) is 9.78 Å². The lowest BCUT2D eigenvalue weighted by Gasteiger charge is -2.16. The van der Waals surface area contributed by atoms with Gasteiger partial charge in [-0.1, -0.05) is 13.8 Å². The van der Waals surface area contributed by atoms with Crippen LogP contribution < -0.4 is 25.0 Å². The van der Waals surface area contributed by atoms with Gasteiger partial charge in [-0.05, 0) is 48.5 Å². The van der Waals surface area contributed by atoms with Gasteiger partial charge in [0.1, 0.15) is 34.1 Å². The molecule has 3 atom stereocenters. The first-order valence-electron chi connectivity index (χ1n) is 14.1. The second-order valence-electron chi connectivity index (χ2n) is 11.4. The number of hydrazine groups is 1. The number of nitroso groups, excluding NO2 is 1. The van der Waals surface area contributed by atoms with Crippen molar-refractivity contribution < 1.29 is 37.4 Å². The third-order valence-electron chi connectivity index (χ3n) is 7.98. The summed E-state index contributed by atoms with van der Waals surface area (Å²) in [5.74, 6) is -0.841. The molecule has 228 valence electrons. The van der Waals surface area contributed by atoms with Crippen molar-refractivity contribution in [1.82, 2.24) is 4.98 Å². The Morgan fingerprint density at radius 3 is 2.48 bits per heavy atom. The van der Waals surface area contributed by atoms with Crippen LogP contribution in [-0.2, 0) is 9.53 Å². The zero-order valence-electron chi connectivity index (χ0n) is 24.3. The number of carbonyl (C=O) groups excluding carboxylic acids is 1. The number of hydrogen-bond donors (Lipinski definition) is 2. The molecule has 1 aromatic heterocycles. The summed E-state index contributed by atoms with van der Waals surface area (Å²) in [5.41, 5.74) is 3.16. The van der Waals surface area contributed by atoms with Crippen molar-refractivity contribution in [2.24, 2.45) is 11.3 Å². The van der Waals surface area contributed by atoms with E-state index in [0.717, 1.165) is 12.5 Å². The maximum atomic E-state index is 15.2. The molecule has 1 amide bonds. The number of hydrogen-bond acceptors (Lipinski definition) is 7. The molecule has 1 aliphatic carbocycles. The van der Waals surface area contributed by atoms with Crippen LogP contribution in [0.1, 0.15) is 20.3 Å². The Labute approximate surface area is 251 Å². The van der Waals surface area contributed by atoms with E-state index in [9.17, 15) is 14.1 Å². The van der Waals surface area contributed by atoms with Crippen LogP contribution in [0.3, 0.4) is 0 Å². The average Bonchev–Trinajstić information content (AvgIpc) is 3.28. The normalized spacial score (nSPS) is 20.2. The lowest BCUT2D eigenvalue weighted by molar-refractivity contribution is -0.540. The molecule has 12 heteroatoms. The molecule has 3 aromatic carbocycles. The van der Waals surface area contributed by atoms with Gasteiger partial charge >= 0.3 is 0 Å². The number of ether oxygens (including phenoxy) is 4. The molecule has 1 saturated carbocycles. The Bertz CT molecular complexity index is 1730. The van der Waals surface area contributed by atoms with Crippen LogP contribution in [0.5, 0.6) is 23.0 Å². The fourth-order valence-corrected chi connectivity index (χ4v) is 5.51. The highest BCUT2D eigenvalue weighted by atomic mass is 19.1. The molecule has 44 heavy (non-hydrogen) atoms. The molecule has 0 bridgehead atoms. The summed E-state index contributed by atoms with van der Waals surface area (Å²) in [5, 5.41) is 3.30. The van der Waals surface area contributed by atoms with Crippen LogP contribution in [0.4, 0.5) is 20.2 Å². The summed E-state index contributed by atoms with van der Waals surface area (Å²) >= 11 is 0. The number of halogens is 2. The van der Waals surface area contributed by atoms with Gasteiger partial charge in [-0.15, -0.1) is 5.43 Å². The topological polar surface area (TPSA) is 111 Å². The Hall–Kier alpha value is -4.84. The number of benzene rings is 3. The van der Waals surface area contributed by atoms with Gasteiger partial charge in [-0.2, -0.15) is 0 Å². The average molecular weight is 606 g/mol. The Balaban J connectivity index is 1.14. The maximum Gasteiger partial charge on any atom is 0.253 e. The number of methoxy groups -OCH3 is 1. The molecule has 2 fully saturated rings. The molecule has 1 aliphatic heterocycles. The van der Waals surface area contributed by atoms with E-state index < -0.39 is 29.0 Å². The standard InChI is InChI=1S/C32H30F2N4O6/c1-32(2)29(31(39)36-19-6-4-18(33)5-7-19)30(32)38(40)37-20-8-9-26(23(34)14-20)44-25-10-12-35-24-16-28(27(41-3)15-22(24)25)43-21-11-13-42-17-21/h4-10,12,14-16,21,29-30H,11,13,17H2,1-3H3,(H-,36,37,39,40)/p+1/t21-,29+,30+/m1/s1. The summed E-state index contributed by atoms with van der Waals surface area (Å²) in [4.78, 5) is 30.8. The predicted octanol–water partition coefficient (Wildman–Crippen LogP) is 6.25. The number of anilines is 2. The molecule has 0 spiro atoms. The summed E-state index contributed by atoms with van der Waals surface area (Å²) in [6.45, 7) is 4.72. The molecule has 4 aromatic rings. The fraction of sp³-hybridized carbons (Fsp3) is 0.312. The van der Waals surface area contributed by atoms with Crippen molar-refractivity contribution in [1.29, 1.82) is 0 Å². The van der Waals surface area contributed by atoms with Gasteiger partial charge in [0.05, 0.1) is 36.2 Å². The molecule has 10 nitrogen and oxygen atoms in total. The van der Waals surface area contributed by atoms with Crippen molar-refractivity contribution in [3.63, 3.8) is 0 Å². The van der Waals surface area contributed by atoms with Gasteiger partial charge in [-0.25, -0.2) is 8.78 Å². The predicted molar refractivity (Wildman–Crippen MR) is 158 cm³/mol. The van der Waals surface area contributed by atoms with Crippen molar-refractivity contribution in [3.05, 3.63) is 83.4 Å². The molecule has 0 radical (unpaired) electrons. The number of nitrogens with one attached hydrogen (secondary N) is 2. The molecule has 2 heterocycles. The maximum absolute atomic E-state index is 15.2. The number of carbonyl (C=O) groups is 1. The SMILES string of the molecule is COc1cc2c(Oc3ccc(N[N+](=O)[C@H]4[C@@H](C(=O)Nc5ccc(F)cc5)C4(C)C)cc3F)ccnc2cc1O[C@@H]1CCOC1. The van der Waals surface area contributed by atoms with E-state index in [1.807, 2.05) is 0 Å². The summed E-state index contributed by atoms with van der Waals surface area (Å²) in [6.07, 6.45) is 2.25. The highest BCUT2D eigenvalue weighted by Crippen LogP contribution is 2.54. The molecule has 2 aliphatic rings. The first-order chi connectivity index (χ1) is 21.1. The molecular weight excluding hydrogens is 574 g/mol. The Morgan fingerprint density at radius 2 is 1.77 bits per heavy atom. The van der Waals surface area contributed by atoms with Crippen LogP contribution in [0.2, 0.25) is 0 Å². The van der Waals surface area contributed by atoms with Crippen LogP contribution in [0, 0.1) is 27.9 Å². The smallest absolute Gasteiger partial charge is 0.253 e. The first kappa shape index (κ1) is 29.2. The van der Waals surface area contributed by atoms with Gasteiger partial charge in [0.2, 0.25) is 5.91 Å². The molecule has 0 unspecified atom stereocenters. The number of pyridine rings is 1. The van der Waals surface area contributed by atoms with Crippen molar-refractivity contribution in [2.45, 2.75) is 32.4 Å². The minimum absolute atomic E-state index is 0.0637. The second kappa shape index (κ2) is 11.7. The van der Waals surface area contributed by atoms with Crippen LogP contribution >= 0.6 is 0 Å². The number of rotatable bonds is 10. The summed E-state index contributed by atoms with van der Waals surface area (Å²) < 4.78 is 51.3. The van der Waals surface area contributed by atoms with E-state index in [0.29, 0.717) is 51.9 Å².